The molecule has 1 N–H and O–H groups in total. The molecule has 0 heterocycles. The van der Waals surface area contributed by atoms with E-state index in [-0.39, 0.29) is 16.3 Å². The van der Waals surface area contributed by atoms with Crippen molar-refractivity contribution >= 4 is 31.6 Å². The van der Waals surface area contributed by atoms with Gasteiger partial charge in [-0.1, -0.05) is 17.7 Å². The number of nitrogens with one attached hydrogen (secondary N) is 1. The zero-order valence-corrected chi connectivity index (χ0v) is 13.8. The van der Waals surface area contributed by atoms with Gasteiger partial charge in [0.1, 0.15) is 5.82 Å². The molecule has 0 atom stereocenters. The highest BCUT2D eigenvalue weighted by Gasteiger charge is 2.18. The van der Waals surface area contributed by atoms with Crippen LogP contribution in [0.5, 0.6) is 5.75 Å². The fraction of sp³-hybridized carbons (Fsp3) is 0.143. The predicted molar refractivity (Wildman–Crippen MR) is 82.6 cm³/mol. The van der Waals surface area contributed by atoms with E-state index < -0.39 is 15.8 Å². The lowest BCUT2D eigenvalue weighted by molar-refractivity contribution is 0.413. The van der Waals surface area contributed by atoms with E-state index in [1.54, 1.807) is 12.1 Å². The molecule has 0 spiro atoms. The molecule has 112 valence electrons. The van der Waals surface area contributed by atoms with Crippen molar-refractivity contribution in [2.45, 2.75) is 11.8 Å². The molecule has 7 heteroatoms. The van der Waals surface area contributed by atoms with Crippen molar-refractivity contribution in [1.29, 1.82) is 0 Å². The molecule has 21 heavy (non-hydrogen) atoms. The molecule has 2 aromatic carbocycles. The Labute approximate surface area is 131 Å². The van der Waals surface area contributed by atoms with Crippen LogP contribution < -0.4 is 9.46 Å². The number of halogens is 2. The highest BCUT2D eigenvalue weighted by molar-refractivity contribution is 9.10. The van der Waals surface area contributed by atoms with Gasteiger partial charge in [-0.25, -0.2) is 12.8 Å². The first kappa shape index (κ1) is 15.8. The quantitative estimate of drug-likeness (QED) is 0.888. The van der Waals surface area contributed by atoms with Gasteiger partial charge >= 0.3 is 0 Å². The molecular weight excluding hydrogens is 361 g/mol. The molecule has 0 saturated carbocycles. The molecule has 0 aliphatic carbocycles. The standard InChI is InChI=1S/C14H13BrFNO3S/c1-9-3-5-11(6-4-9)21(18,19)17-13-8-10(16)7-12(15)14(13)20-2/h3-8,17H,1-2H3. The average Bonchev–Trinajstić information content (AvgIpc) is 2.38. The molecule has 2 rings (SSSR count). The van der Waals surface area contributed by atoms with Gasteiger partial charge < -0.3 is 4.74 Å². The molecule has 2 aromatic rings. The summed E-state index contributed by atoms with van der Waals surface area (Å²) in [5, 5.41) is 0. The number of methoxy groups -OCH3 is 1. The summed E-state index contributed by atoms with van der Waals surface area (Å²) in [7, 11) is -2.44. The first-order valence-corrected chi connectivity index (χ1v) is 8.23. The smallest absolute Gasteiger partial charge is 0.262 e. The third-order valence-corrected chi connectivity index (χ3v) is 4.76. The summed E-state index contributed by atoms with van der Waals surface area (Å²) >= 11 is 3.13. The summed E-state index contributed by atoms with van der Waals surface area (Å²) in [6.45, 7) is 1.86. The predicted octanol–water partition coefficient (Wildman–Crippen LogP) is 3.71. The van der Waals surface area contributed by atoms with Crippen molar-refractivity contribution in [2.75, 3.05) is 11.8 Å². The second-order valence-electron chi connectivity index (χ2n) is 4.39. The Bertz CT molecular complexity index is 761. The normalized spacial score (nSPS) is 11.2. The minimum atomic E-state index is -3.81. The first-order chi connectivity index (χ1) is 9.83. The lowest BCUT2D eigenvalue weighted by atomic mass is 10.2. The van der Waals surface area contributed by atoms with Gasteiger partial charge in [0.05, 0.1) is 22.2 Å². The number of benzene rings is 2. The van der Waals surface area contributed by atoms with Crippen LogP contribution in [0.25, 0.3) is 0 Å². The SMILES string of the molecule is COc1c(Br)cc(F)cc1NS(=O)(=O)c1ccc(C)cc1. The molecule has 0 aliphatic rings. The van der Waals surface area contributed by atoms with Gasteiger partial charge in [0.15, 0.2) is 5.75 Å². The maximum atomic E-state index is 13.5. The zero-order valence-electron chi connectivity index (χ0n) is 11.4. The van der Waals surface area contributed by atoms with Crippen LogP contribution in [-0.2, 0) is 10.0 Å². The Kier molecular flexibility index (Phi) is 4.53. The van der Waals surface area contributed by atoms with E-state index in [9.17, 15) is 12.8 Å². The summed E-state index contributed by atoms with van der Waals surface area (Å²) in [6, 6.07) is 8.61. The molecule has 0 unspecified atom stereocenters. The lowest BCUT2D eigenvalue weighted by Crippen LogP contribution is -2.14. The number of hydrogen-bond acceptors (Lipinski definition) is 3. The van der Waals surface area contributed by atoms with Crippen molar-refractivity contribution in [2.24, 2.45) is 0 Å². The topological polar surface area (TPSA) is 55.4 Å². The van der Waals surface area contributed by atoms with E-state index in [0.717, 1.165) is 11.6 Å². The maximum absolute atomic E-state index is 13.5. The second kappa shape index (κ2) is 6.03. The number of ether oxygens (including phenoxy) is 1. The fourth-order valence-electron chi connectivity index (χ4n) is 1.76. The van der Waals surface area contributed by atoms with Gasteiger partial charge in [0, 0.05) is 6.07 Å². The Morgan fingerprint density at radius 1 is 1.19 bits per heavy atom. The van der Waals surface area contributed by atoms with Gasteiger partial charge in [-0.05, 0) is 41.1 Å². The van der Waals surface area contributed by atoms with Crippen molar-refractivity contribution < 1.29 is 17.5 Å². The summed E-state index contributed by atoms with van der Waals surface area (Å²) in [5.41, 5.74) is 0.977. The fourth-order valence-corrected chi connectivity index (χ4v) is 3.41. The van der Waals surface area contributed by atoms with Crippen LogP contribution in [0, 0.1) is 12.7 Å². The Balaban J connectivity index is 2.43. The van der Waals surface area contributed by atoms with Gasteiger partial charge in [0.25, 0.3) is 10.0 Å². The largest absolute Gasteiger partial charge is 0.493 e. The van der Waals surface area contributed by atoms with E-state index >= 15 is 0 Å². The molecule has 0 fully saturated rings. The highest BCUT2D eigenvalue weighted by Crippen LogP contribution is 2.35. The molecule has 0 radical (unpaired) electrons. The van der Waals surface area contributed by atoms with Crippen LogP contribution in [0.3, 0.4) is 0 Å². The van der Waals surface area contributed by atoms with E-state index in [4.69, 9.17) is 4.74 Å². The third-order valence-electron chi connectivity index (χ3n) is 2.79. The number of aryl methyl sites for hydroxylation is 1. The third kappa shape index (κ3) is 3.54. The van der Waals surface area contributed by atoms with Gasteiger partial charge in [-0.2, -0.15) is 0 Å². The molecule has 0 aliphatic heterocycles. The molecule has 0 bridgehead atoms. The van der Waals surface area contributed by atoms with Crippen molar-refractivity contribution in [3.05, 3.63) is 52.3 Å². The van der Waals surface area contributed by atoms with E-state index in [0.29, 0.717) is 4.47 Å². The summed E-state index contributed by atoms with van der Waals surface area (Å²) in [4.78, 5) is 0.0931. The van der Waals surface area contributed by atoms with Gasteiger partial charge in [-0.3, -0.25) is 4.72 Å². The zero-order chi connectivity index (χ0) is 15.6. The lowest BCUT2D eigenvalue weighted by Gasteiger charge is -2.13. The Morgan fingerprint density at radius 2 is 1.81 bits per heavy atom. The molecule has 4 nitrogen and oxygen atoms in total. The summed E-state index contributed by atoms with van der Waals surface area (Å²) in [5.74, 6) is -0.364. The monoisotopic (exact) mass is 373 g/mol. The van der Waals surface area contributed by atoms with Crippen LogP contribution in [0.4, 0.5) is 10.1 Å². The Hall–Kier alpha value is -1.60. The molecular formula is C14H13BrFNO3S. The van der Waals surface area contributed by atoms with E-state index in [1.807, 2.05) is 6.92 Å². The van der Waals surface area contributed by atoms with Crippen molar-refractivity contribution in [3.8, 4) is 5.75 Å². The summed E-state index contributed by atoms with van der Waals surface area (Å²) < 4.78 is 45.8. The van der Waals surface area contributed by atoms with E-state index in [1.165, 1.54) is 25.3 Å². The van der Waals surface area contributed by atoms with Crippen LogP contribution >= 0.6 is 15.9 Å². The number of sulfonamides is 1. The van der Waals surface area contributed by atoms with E-state index in [2.05, 4.69) is 20.7 Å². The minimum Gasteiger partial charge on any atom is -0.493 e. The number of rotatable bonds is 4. The summed E-state index contributed by atoms with van der Waals surface area (Å²) in [6.07, 6.45) is 0. The number of hydrogen-bond donors (Lipinski definition) is 1. The molecule has 0 aromatic heterocycles. The van der Waals surface area contributed by atoms with Crippen molar-refractivity contribution in [3.63, 3.8) is 0 Å². The van der Waals surface area contributed by atoms with Crippen LogP contribution in [0.2, 0.25) is 0 Å². The highest BCUT2D eigenvalue weighted by atomic mass is 79.9. The first-order valence-electron chi connectivity index (χ1n) is 5.96. The second-order valence-corrected chi connectivity index (χ2v) is 6.92. The minimum absolute atomic E-state index is 0.0324. The number of anilines is 1. The average molecular weight is 374 g/mol. The Morgan fingerprint density at radius 3 is 2.38 bits per heavy atom. The maximum Gasteiger partial charge on any atom is 0.262 e. The van der Waals surface area contributed by atoms with Crippen molar-refractivity contribution in [1.82, 2.24) is 0 Å². The van der Waals surface area contributed by atoms with Gasteiger partial charge in [-0.15, -0.1) is 0 Å². The molecule has 0 saturated heterocycles. The van der Waals surface area contributed by atoms with Crippen LogP contribution in [0.1, 0.15) is 5.56 Å². The van der Waals surface area contributed by atoms with Gasteiger partial charge in [0.2, 0.25) is 0 Å². The van der Waals surface area contributed by atoms with Crippen LogP contribution in [0.15, 0.2) is 45.8 Å². The van der Waals surface area contributed by atoms with Crippen LogP contribution in [-0.4, -0.2) is 15.5 Å². The molecule has 0 amide bonds.